The number of ether oxygens (including phenoxy) is 2. The lowest BCUT2D eigenvalue weighted by Gasteiger charge is -2.45. The van der Waals surface area contributed by atoms with Gasteiger partial charge in [0.25, 0.3) is 11.9 Å². The van der Waals surface area contributed by atoms with Gasteiger partial charge >= 0.3 is 5.92 Å². The standard InChI is InChI=1S/C24H19ClF2N4O3/c25-15-6-8-18(29-12-15)21(32)30-16-7-9-19-17(10-16)23(24(26,27)13-33-22(28)31-23)11-20(34-19)14-4-2-1-3-5-14/h1-10,12,20H,11,13H2,(H2,28,31)(H,30,32)/t20?,23-/m1/s1. The van der Waals surface area contributed by atoms with Gasteiger partial charge < -0.3 is 20.5 Å². The SMILES string of the molecule is NC1=N[C@@]2(CC(c3ccccc3)Oc3ccc(NC(=O)c4ccc(Cl)cn4)cc32)C(F)(F)CO1. The van der Waals surface area contributed by atoms with Crippen LogP contribution >= 0.6 is 11.6 Å². The van der Waals surface area contributed by atoms with E-state index in [1.165, 1.54) is 30.5 Å². The zero-order valence-corrected chi connectivity index (χ0v) is 18.4. The molecule has 2 aromatic carbocycles. The number of nitrogens with zero attached hydrogens (tertiary/aromatic N) is 2. The first-order chi connectivity index (χ1) is 16.3. The molecule has 10 heteroatoms. The summed E-state index contributed by atoms with van der Waals surface area (Å²) >= 11 is 5.82. The van der Waals surface area contributed by atoms with Crippen LogP contribution < -0.4 is 15.8 Å². The van der Waals surface area contributed by atoms with E-state index in [9.17, 15) is 4.79 Å². The summed E-state index contributed by atoms with van der Waals surface area (Å²) in [5.74, 6) is -3.69. The Morgan fingerprint density at radius 1 is 1.15 bits per heavy atom. The summed E-state index contributed by atoms with van der Waals surface area (Å²) in [7, 11) is 0. The Morgan fingerprint density at radius 3 is 2.68 bits per heavy atom. The lowest BCUT2D eigenvalue weighted by Crippen LogP contribution is -2.55. The number of nitrogens with two attached hydrogens (primary N) is 1. The number of rotatable bonds is 3. The summed E-state index contributed by atoms with van der Waals surface area (Å²) < 4.78 is 42.1. The third kappa shape index (κ3) is 3.81. The number of aliphatic imine (C=N–C) groups is 1. The quantitative estimate of drug-likeness (QED) is 0.562. The minimum absolute atomic E-state index is 0.109. The van der Waals surface area contributed by atoms with Crippen molar-refractivity contribution in [3.05, 3.63) is 88.7 Å². The van der Waals surface area contributed by atoms with Gasteiger partial charge in [0.05, 0.1) is 5.02 Å². The fourth-order valence-corrected chi connectivity index (χ4v) is 4.32. The lowest BCUT2D eigenvalue weighted by atomic mass is 9.75. The normalized spacial score (nSPS) is 22.7. The van der Waals surface area contributed by atoms with Gasteiger partial charge in [-0.1, -0.05) is 41.9 Å². The summed E-state index contributed by atoms with van der Waals surface area (Å²) in [6.07, 6.45) is 0.487. The average molecular weight is 485 g/mol. The molecule has 0 saturated carbocycles. The van der Waals surface area contributed by atoms with Crippen LogP contribution in [0.1, 0.15) is 34.1 Å². The summed E-state index contributed by atoms with van der Waals surface area (Å²) in [6, 6.07) is 16.3. The second kappa shape index (κ2) is 8.25. The fourth-order valence-electron chi connectivity index (χ4n) is 4.20. The molecule has 5 rings (SSSR count). The molecule has 0 fully saturated rings. The predicted molar refractivity (Wildman–Crippen MR) is 122 cm³/mol. The number of hydrogen-bond acceptors (Lipinski definition) is 6. The molecule has 0 saturated heterocycles. The maximum atomic E-state index is 15.5. The van der Waals surface area contributed by atoms with Gasteiger partial charge in [-0.15, -0.1) is 0 Å². The topological polar surface area (TPSA) is 98.8 Å². The van der Waals surface area contributed by atoms with E-state index in [1.54, 1.807) is 6.07 Å². The molecule has 1 unspecified atom stereocenters. The minimum Gasteiger partial charge on any atom is -0.485 e. The van der Waals surface area contributed by atoms with E-state index in [0.717, 1.165) is 5.56 Å². The molecule has 0 radical (unpaired) electrons. The number of carbonyl (C=O) groups is 1. The van der Waals surface area contributed by atoms with Crippen molar-refractivity contribution in [3.63, 3.8) is 0 Å². The predicted octanol–water partition coefficient (Wildman–Crippen LogP) is 4.69. The molecule has 174 valence electrons. The van der Waals surface area contributed by atoms with Crippen LogP contribution in [-0.2, 0) is 10.3 Å². The van der Waals surface area contributed by atoms with Crippen molar-refractivity contribution in [3.8, 4) is 5.75 Å². The molecule has 3 N–H and O–H groups in total. The Morgan fingerprint density at radius 2 is 1.94 bits per heavy atom. The summed E-state index contributed by atoms with van der Waals surface area (Å²) in [6.45, 7) is -0.922. The van der Waals surface area contributed by atoms with Gasteiger partial charge in [-0.2, -0.15) is 8.78 Å². The van der Waals surface area contributed by atoms with E-state index in [0.29, 0.717) is 5.02 Å². The van der Waals surface area contributed by atoms with Crippen molar-refractivity contribution in [1.29, 1.82) is 0 Å². The molecule has 0 aliphatic carbocycles. The molecule has 1 aromatic heterocycles. The molecular weight excluding hydrogens is 466 g/mol. The van der Waals surface area contributed by atoms with Crippen LogP contribution in [0.5, 0.6) is 5.75 Å². The van der Waals surface area contributed by atoms with Crippen molar-refractivity contribution in [2.45, 2.75) is 24.0 Å². The van der Waals surface area contributed by atoms with E-state index in [4.69, 9.17) is 26.8 Å². The number of fused-ring (bicyclic) bond motifs is 2. The van der Waals surface area contributed by atoms with Crippen LogP contribution in [0.2, 0.25) is 5.02 Å². The van der Waals surface area contributed by atoms with E-state index >= 15 is 8.78 Å². The first-order valence-corrected chi connectivity index (χ1v) is 10.8. The summed E-state index contributed by atoms with van der Waals surface area (Å²) in [5.41, 5.74) is 4.97. The van der Waals surface area contributed by atoms with Crippen molar-refractivity contribution >= 4 is 29.2 Å². The second-order valence-electron chi connectivity index (χ2n) is 8.05. The Bertz CT molecular complexity index is 1270. The molecule has 34 heavy (non-hydrogen) atoms. The molecule has 2 aliphatic heterocycles. The van der Waals surface area contributed by atoms with Crippen LogP contribution in [0, 0.1) is 0 Å². The van der Waals surface area contributed by atoms with E-state index in [-0.39, 0.29) is 35.1 Å². The zero-order valence-electron chi connectivity index (χ0n) is 17.7. The molecule has 7 nitrogen and oxygen atoms in total. The van der Waals surface area contributed by atoms with Gasteiger partial charge in [-0.05, 0) is 35.9 Å². The number of carbonyl (C=O) groups excluding carboxylic acids is 1. The Labute approximate surface area is 198 Å². The van der Waals surface area contributed by atoms with Gasteiger partial charge in [-0.25, -0.2) is 9.98 Å². The maximum Gasteiger partial charge on any atom is 0.310 e. The number of alkyl halides is 2. The number of amides is 1. The van der Waals surface area contributed by atoms with Crippen LogP contribution in [0.3, 0.4) is 0 Å². The zero-order chi connectivity index (χ0) is 23.9. The smallest absolute Gasteiger partial charge is 0.310 e. The largest absolute Gasteiger partial charge is 0.485 e. The Balaban J connectivity index is 1.57. The third-order valence-corrected chi connectivity index (χ3v) is 6.10. The number of hydrogen-bond donors (Lipinski definition) is 2. The van der Waals surface area contributed by atoms with Gasteiger partial charge in [-0.3, -0.25) is 4.79 Å². The van der Waals surface area contributed by atoms with Crippen molar-refractivity contribution in [2.75, 3.05) is 11.9 Å². The van der Waals surface area contributed by atoms with Gasteiger partial charge in [0.15, 0.2) is 12.1 Å². The first kappa shape index (κ1) is 22.1. The number of nitrogens with one attached hydrogen (secondary N) is 1. The van der Waals surface area contributed by atoms with Crippen LogP contribution in [0.25, 0.3) is 0 Å². The number of halogens is 3. The number of amidine groups is 1. The molecule has 0 bridgehead atoms. The van der Waals surface area contributed by atoms with Crippen molar-refractivity contribution < 1.29 is 23.0 Å². The third-order valence-electron chi connectivity index (χ3n) is 5.87. The number of aromatic nitrogens is 1. The van der Waals surface area contributed by atoms with Crippen LogP contribution in [0.15, 0.2) is 71.9 Å². The van der Waals surface area contributed by atoms with Crippen LogP contribution in [0.4, 0.5) is 14.5 Å². The molecular formula is C24H19ClF2N4O3. The van der Waals surface area contributed by atoms with Gasteiger partial charge in [0.2, 0.25) is 0 Å². The molecule has 3 aromatic rings. The molecule has 2 aliphatic rings. The second-order valence-corrected chi connectivity index (χ2v) is 8.49. The summed E-state index contributed by atoms with van der Waals surface area (Å²) in [4.78, 5) is 20.7. The molecule has 3 heterocycles. The molecule has 1 spiro atoms. The maximum absolute atomic E-state index is 15.5. The minimum atomic E-state index is -3.39. The summed E-state index contributed by atoms with van der Waals surface area (Å²) in [5, 5.41) is 3.06. The molecule has 2 atom stereocenters. The Kier molecular flexibility index (Phi) is 5.36. The Hall–Kier alpha value is -3.72. The van der Waals surface area contributed by atoms with Crippen molar-refractivity contribution in [2.24, 2.45) is 10.7 Å². The van der Waals surface area contributed by atoms with E-state index < -0.39 is 30.1 Å². The monoisotopic (exact) mass is 484 g/mol. The number of anilines is 1. The highest BCUT2D eigenvalue weighted by molar-refractivity contribution is 6.30. The number of benzene rings is 2. The van der Waals surface area contributed by atoms with Crippen LogP contribution in [-0.4, -0.2) is 29.4 Å². The molecule has 1 amide bonds. The highest BCUT2D eigenvalue weighted by Crippen LogP contribution is 2.55. The van der Waals surface area contributed by atoms with Gasteiger partial charge in [0.1, 0.15) is 17.5 Å². The van der Waals surface area contributed by atoms with E-state index in [2.05, 4.69) is 15.3 Å². The number of pyridine rings is 1. The average Bonchev–Trinajstić information content (AvgIpc) is 2.83. The first-order valence-electron chi connectivity index (χ1n) is 10.4. The fraction of sp³-hybridized carbons (Fsp3) is 0.208. The highest BCUT2D eigenvalue weighted by Gasteiger charge is 2.62. The lowest BCUT2D eigenvalue weighted by molar-refractivity contribution is -0.139. The highest BCUT2D eigenvalue weighted by atomic mass is 35.5. The van der Waals surface area contributed by atoms with E-state index in [1.807, 2.05) is 30.3 Å². The van der Waals surface area contributed by atoms with Crippen molar-refractivity contribution in [1.82, 2.24) is 4.98 Å². The van der Waals surface area contributed by atoms with Gasteiger partial charge in [0, 0.05) is 23.9 Å².